The van der Waals surface area contributed by atoms with Gasteiger partial charge in [-0.15, -0.1) is 0 Å². The van der Waals surface area contributed by atoms with E-state index in [-0.39, 0.29) is 11.9 Å². The lowest BCUT2D eigenvalue weighted by molar-refractivity contribution is 0.174. The summed E-state index contributed by atoms with van der Waals surface area (Å²) in [5.74, 6) is 1.38. The molecule has 1 aliphatic rings. The summed E-state index contributed by atoms with van der Waals surface area (Å²) in [4.78, 5) is 0. The van der Waals surface area contributed by atoms with Crippen LogP contribution in [0.25, 0.3) is 0 Å². The van der Waals surface area contributed by atoms with Gasteiger partial charge in [-0.1, -0.05) is 12.1 Å². The highest BCUT2D eigenvalue weighted by Gasteiger charge is 2.24. The molecule has 104 valence electrons. The molecule has 2 N–H and O–H groups in total. The van der Waals surface area contributed by atoms with E-state index in [0.717, 1.165) is 40.8 Å². The zero-order valence-corrected chi connectivity index (χ0v) is 11.7. The monoisotopic (exact) mass is 270 g/mol. The summed E-state index contributed by atoms with van der Waals surface area (Å²) in [5, 5.41) is 19.4. The van der Waals surface area contributed by atoms with Gasteiger partial charge in [0.1, 0.15) is 23.4 Å². The Morgan fingerprint density at radius 2 is 1.80 bits per heavy atom. The zero-order valence-electron chi connectivity index (χ0n) is 11.7. The van der Waals surface area contributed by atoms with E-state index in [2.05, 4.69) is 0 Å². The molecule has 1 heterocycles. The van der Waals surface area contributed by atoms with Crippen LogP contribution in [-0.2, 0) is 6.42 Å². The van der Waals surface area contributed by atoms with E-state index in [1.54, 1.807) is 12.1 Å². The maximum atomic E-state index is 10.0. The second-order valence-corrected chi connectivity index (χ2v) is 5.39. The molecular weight excluding hydrogens is 252 g/mol. The van der Waals surface area contributed by atoms with Crippen molar-refractivity contribution in [3.05, 3.63) is 52.6 Å². The lowest BCUT2D eigenvalue weighted by atomic mass is 9.94. The number of phenols is 2. The van der Waals surface area contributed by atoms with Crippen LogP contribution in [0.3, 0.4) is 0 Å². The SMILES string of the molecule is Cc1cc2c(c(C)c1O)O[C@H](c1ccc(O)cc1)CC2. The van der Waals surface area contributed by atoms with Crippen LogP contribution in [-0.4, -0.2) is 10.2 Å². The van der Waals surface area contributed by atoms with Crippen molar-refractivity contribution in [1.29, 1.82) is 0 Å². The largest absolute Gasteiger partial charge is 0.508 e. The van der Waals surface area contributed by atoms with Crippen molar-refractivity contribution < 1.29 is 14.9 Å². The highest BCUT2D eigenvalue weighted by molar-refractivity contribution is 5.54. The average molecular weight is 270 g/mol. The van der Waals surface area contributed by atoms with Gasteiger partial charge in [0.05, 0.1) is 0 Å². The van der Waals surface area contributed by atoms with E-state index >= 15 is 0 Å². The van der Waals surface area contributed by atoms with E-state index in [1.165, 1.54) is 0 Å². The number of aromatic hydroxyl groups is 2. The Morgan fingerprint density at radius 3 is 2.50 bits per heavy atom. The lowest BCUT2D eigenvalue weighted by Crippen LogP contribution is -2.16. The number of benzene rings is 2. The van der Waals surface area contributed by atoms with Crippen LogP contribution in [0.1, 0.15) is 34.8 Å². The molecule has 0 aromatic heterocycles. The van der Waals surface area contributed by atoms with Crippen LogP contribution >= 0.6 is 0 Å². The van der Waals surface area contributed by atoms with Gasteiger partial charge < -0.3 is 14.9 Å². The number of fused-ring (bicyclic) bond motifs is 1. The molecule has 1 atom stereocenters. The molecule has 0 spiro atoms. The van der Waals surface area contributed by atoms with Gasteiger partial charge in [0, 0.05) is 5.56 Å². The Balaban J connectivity index is 1.95. The molecular formula is C17H18O3. The Bertz CT molecular complexity index is 644. The fourth-order valence-corrected chi connectivity index (χ4v) is 2.80. The molecule has 0 fully saturated rings. The summed E-state index contributed by atoms with van der Waals surface area (Å²) in [7, 11) is 0. The summed E-state index contributed by atoms with van der Waals surface area (Å²) >= 11 is 0. The van der Waals surface area contributed by atoms with Crippen LogP contribution in [0.15, 0.2) is 30.3 Å². The Kier molecular flexibility index (Phi) is 3.05. The van der Waals surface area contributed by atoms with Gasteiger partial charge in [0.15, 0.2) is 0 Å². The van der Waals surface area contributed by atoms with Crippen LogP contribution in [0.5, 0.6) is 17.2 Å². The molecule has 3 rings (SSSR count). The molecule has 0 unspecified atom stereocenters. The van der Waals surface area contributed by atoms with Crippen LogP contribution < -0.4 is 4.74 Å². The summed E-state index contributed by atoms with van der Waals surface area (Å²) in [6.07, 6.45) is 1.81. The molecule has 3 nitrogen and oxygen atoms in total. The molecule has 20 heavy (non-hydrogen) atoms. The molecule has 0 radical (unpaired) electrons. The van der Waals surface area contributed by atoms with Gasteiger partial charge in [-0.2, -0.15) is 0 Å². The number of aryl methyl sites for hydroxylation is 2. The van der Waals surface area contributed by atoms with E-state index in [0.29, 0.717) is 5.75 Å². The van der Waals surface area contributed by atoms with Gasteiger partial charge in [-0.3, -0.25) is 0 Å². The number of phenolic OH excluding ortho intramolecular Hbond substituents is 2. The van der Waals surface area contributed by atoms with E-state index in [9.17, 15) is 10.2 Å². The van der Waals surface area contributed by atoms with Crippen molar-refractivity contribution in [1.82, 2.24) is 0 Å². The van der Waals surface area contributed by atoms with E-state index < -0.39 is 0 Å². The third-order valence-corrected chi connectivity index (χ3v) is 3.95. The van der Waals surface area contributed by atoms with Gasteiger partial charge in [0.2, 0.25) is 0 Å². The first-order chi connectivity index (χ1) is 9.56. The second-order valence-electron chi connectivity index (χ2n) is 5.39. The standard InChI is InChI=1S/C17H18O3/c1-10-9-13-5-8-15(12-3-6-14(18)7-4-12)20-17(13)11(2)16(10)19/h3-4,6-7,9,15,18-19H,5,8H2,1-2H3/t15-/m0/s1. The molecule has 0 saturated heterocycles. The molecule has 0 saturated carbocycles. The van der Waals surface area contributed by atoms with Crippen molar-refractivity contribution in [2.45, 2.75) is 32.8 Å². The smallest absolute Gasteiger partial charge is 0.130 e. The Hall–Kier alpha value is -2.16. The maximum Gasteiger partial charge on any atom is 0.130 e. The quantitative estimate of drug-likeness (QED) is 0.829. The molecule has 2 aromatic carbocycles. The first-order valence-electron chi connectivity index (χ1n) is 6.84. The first kappa shape index (κ1) is 12.9. The fourth-order valence-electron chi connectivity index (χ4n) is 2.80. The third kappa shape index (κ3) is 2.09. The molecule has 1 aliphatic heterocycles. The molecule has 3 heteroatoms. The topological polar surface area (TPSA) is 49.7 Å². The van der Waals surface area contributed by atoms with Gasteiger partial charge in [-0.25, -0.2) is 0 Å². The van der Waals surface area contributed by atoms with Crippen molar-refractivity contribution >= 4 is 0 Å². The third-order valence-electron chi connectivity index (χ3n) is 3.95. The maximum absolute atomic E-state index is 10.0. The van der Waals surface area contributed by atoms with Crippen molar-refractivity contribution in [2.75, 3.05) is 0 Å². The second kappa shape index (κ2) is 4.75. The number of rotatable bonds is 1. The molecule has 0 aliphatic carbocycles. The minimum Gasteiger partial charge on any atom is -0.508 e. The summed E-state index contributed by atoms with van der Waals surface area (Å²) < 4.78 is 6.08. The van der Waals surface area contributed by atoms with E-state index in [1.807, 2.05) is 32.0 Å². The predicted molar refractivity (Wildman–Crippen MR) is 77.4 cm³/mol. The fraction of sp³-hybridized carbons (Fsp3) is 0.294. The predicted octanol–water partition coefficient (Wildman–Crippen LogP) is 3.78. The normalized spacial score (nSPS) is 17.4. The number of hydrogen-bond acceptors (Lipinski definition) is 3. The van der Waals surface area contributed by atoms with E-state index in [4.69, 9.17) is 4.74 Å². The van der Waals surface area contributed by atoms with Gasteiger partial charge in [0.25, 0.3) is 0 Å². The van der Waals surface area contributed by atoms with Crippen molar-refractivity contribution in [3.8, 4) is 17.2 Å². The molecule has 0 bridgehead atoms. The van der Waals surface area contributed by atoms with Gasteiger partial charge >= 0.3 is 0 Å². The molecule has 2 aromatic rings. The summed E-state index contributed by atoms with van der Waals surface area (Å²) in [6.45, 7) is 3.80. The number of ether oxygens (including phenoxy) is 1. The van der Waals surface area contributed by atoms with Crippen molar-refractivity contribution in [2.24, 2.45) is 0 Å². The van der Waals surface area contributed by atoms with Crippen LogP contribution in [0, 0.1) is 13.8 Å². The Labute approximate surface area is 118 Å². The zero-order chi connectivity index (χ0) is 14.3. The van der Waals surface area contributed by atoms with Gasteiger partial charge in [-0.05, 0) is 61.6 Å². The van der Waals surface area contributed by atoms with Crippen molar-refractivity contribution in [3.63, 3.8) is 0 Å². The van der Waals surface area contributed by atoms with Crippen LogP contribution in [0.4, 0.5) is 0 Å². The average Bonchev–Trinajstić information content (AvgIpc) is 2.46. The highest BCUT2D eigenvalue weighted by atomic mass is 16.5. The first-order valence-corrected chi connectivity index (χ1v) is 6.84. The minimum absolute atomic E-state index is 0.0242. The minimum atomic E-state index is -0.0242. The Morgan fingerprint density at radius 1 is 1.10 bits per heavy atom. The summed E-state index contributed by atoms with van der Waals surface area (Å²) in [5.41, 5.74) is 3.91. The van der Waals surface area contributed by atoms with Crippen LogP contribution in [0.2, 0.25) is 0 Å². The number of hydrogen-bond donors (Lipinski definition) is 2. The lowest BCUT2D eigenvalue weighted by Gasteiger charge is -2.28. The molecule has 0 amide bonds. The summed E-state index contributed by atoms with van der Waals surface area (Å²) in [6, 6.07) is 9.12. The highest BCUT2D eigenvalue weighted by Crippen LogP contribution is 2.41.